The lowest BCUT2D eigenvalue weighted by Gasteiger charge is -2.21. The van der Waals surface area contributed by atoms with Crippen LogP contribution < -0.4 is 14.8 Å². The summed E-state index contributed by atoms with van der Waals surface area (Å²) in [6.07, 6.45) is -0.578. The SMILES string of the molecule is COc1ccc(C)cc1C(C)NC(=O)C(C)Oc1ccc(C)cc1. The molecule has 0 saturated heterocycles. The molecule has 2 unspecified atom stereocenters. The minimum Gasteiger partial charge on any atom is -0.496 e. The first-order valence-electron chi connectivity index (χ1n) is 8.09. The first-order valence-corrected chi connectivity index (χ1v) is 8.09. The number of benzene rings is 2. The summed E-state index contributed by atoms with van der Waals surface area (Å²) in [5.74, 6) is 1.29. The molecular weight excluding hydrogens is 302 g/mol. The van der Waals surface area contributed by atoms with Crippen LogP contribution in [0.5, 0.6) is 11.5 Å². The van der Waals surface area contributed by atoms with Gasteiger partial charge in [-0.2, -0.15) is 0 Å². The normalized spacial score (nSPS) is 13.0. The number of aryl methyl sites for hydroxylation is 2. The quantitative estimate of drug-likeness (QED) is 0.874. The van der Waals surface area contributed by atoms with Gasteiger partial charge in [0.15, 0.2) is 6.10 Å². The molecule has 24 heavy (non-hydrogen) atoms. The van der Waals surface area contributed by atoms with Gasteiger partial charge in [-0.15, -0.1) is 0 Å². The molecule has 4 nitrogen and oxygen atoms in total. The summed E-state index contributed by atoms with van der Waals surface area (Å²) in [7, 11) is 1.63. The van der Waals surface area contributed by atoms with Crippen molar-refractivity contribution >= 4 is 5.91 Å². The molecule has 0 bridgehead atoms. The van der Waals surface area contributed by atoms with Crippen LogP contribution in [0.1, 0.15) is 36.6 Å². The number of carbonyl (C=O) groups excluding carboxylic acids is 1. The lowest BCUT2D eigenvalue weighted by Crippen LogP contribution is -2.37. The van der Waals surface area contributed by atoms with Gasteiger partial charge in [-0.05, 0) is 45.9 Å². The van der Waals surface area contributed by atoms with Crippen molar-refractivity contribution in [2.45, 2.75) is 39.8 Å². The number of hydrogen-bond acceptors (Lipinski definition) is 3. The molecule has 128 valence electrons. The van der Waals surface area contributed by atoms with E-state index in [4.69, 9.17) is 9.47 Å². The van der Waals surface area contributed by atoms with E-state index < -0.39 is 6.10 Å². The van der Waals surface area contributed by atoms with E-state index in [1.54, 1.807) is 14.0 Å². The standard InChI is InChI=1S/C20H25NO3/c1-13-6-9-17(10-7-13)24-16(4)20(22)21-15(3)18-12-14(2)8-11-19(18)23-5/h6-12,15-16H,1-5H3,(H,21,22). The first-order chi connectivity index (χ1) is 11.4. The Hall–Kier alpha value is -2.49. The maximum absolute atomic E-state index is 12.4. The summed E-state index contributed by atoms with van der Waals surface area (Å²) in [6, 6.07) is 13.4. The molecule has 4 heteroatoms. The van der Waals surface area contributed by atoms with Crippen molar-refractivity contribution < 1.29 is 14.3 Å². The monoisotopic (exact) mass is 327 g/mol. The molecule has 1 amide bonds. The van der Waals surface area contributed by atoms with Crippen LogP contribution in [0.3, 0.4) is 0 Å². The number of ether oxygens (including phenoxy) is 2. The van der Waals surface area contributed by atoms with E-state index in [1.165, 1.54) is 0 Å². The highest BCUT2D eigenvalue weighted by Crippen LogP contribution is 2.26. The summed E-state index contributed by atoms with van der Waals surface area (Å²) >= 11 is 0. The molecule has 2 aromatic carbocycles. The Morgan fingerprint density at radius 3 is 2.25 bits per heavy atom. The van der Waals surface area contributed by atoms with Crippen molar-refractivity contribution in [3.63, 3.8) is 0 Å². The minimum atomic E-state index is -0.578. The predicted octanol–water partition coefficient (Wildman–Crippen LogP) is 3.96. The van der Waals surface area contributed by atoms with Crippen LogP contribution in [0.2, 0.25) is 0 Å². The lowest BCUT2D eigenvalue weighted by atomic mass is 10.0. The molecule has 0 spiro atoms. The molecule has 2 aromatic rings. The molecule has 0 aliphatic heterocycles. The van der Waals surface area contributed by atoms with E-state index >= 15 is 0 Å². The summed E-state index contributed by atoms with van der Waals surface area (Å²) in [5.41, 5.74) is 3.23. The molecule has 0 radical (unpaired) electrons. The molecule has 2 atom stereocenters. The van der Waals surface area contributed by atoms with Crippen molar-refractivity contribution in [3.8, 4) is 11.5 Å². The van der Waals surface area contributed by atoms with E-state index in [2.05, 4.69) is 5.32 Å². The van der Waals surface area contributed by atoms with E-state index in [0.29, 0.717) is 5.75 Å². The second-order valence-corrected chi connectivity index (χ2v) is 6.05. The molecule has 2 rings (SSSR count). The molecule has 0 aliphatic carbocycles. The van der Waals surface area contributed by atoms with Crippen LogP contribution >= 0.6 is 0 Å². The highest BCUT2D eigenvalue weighted by molar-refractivity contribution is 5.81. The molecule has 0 saturated carbocycles. The molecule has 0 fully saturated rings. The zero-order chi connectivity index (χ0) is 17.7. The number of methoxy groups -OCH3 is 1. The smallest absolute Gasteiger partial charge is 0.261 e. The van der Waals surface area contributed by atoms with Crippen molar-refractivity contribution in [1.29, 1.82) is 0 Å². The van der Waals surface area contributed by atoms with Crippen LogP contribution in [-0.4, -0.2) is 19.1 Å². The summed E-state index contributed by atoms with van der Waals surface area (Å²) in [6.45, 7) is 7.71. The number of amides is 1. The molecule has 1 N–H and O–H groups in total. The Balaban J connectivity index is 2.02. The number of carbonyl (C=O) groups is 1. The van der Waals surface area contributed by atoms with Crippen molar-refractivity contribution in [3.05, 3.63) is 59.2 Å². The lowest BCUT2D eigenvalue weighted by molar-refractivity contribution is -0.127. The van der Waals surface area contributed by atoms with Gasteiger partial charge in [0.2, 0.25) is 0 Å². The molecular formula is C20H25NO3. The zero-order valence-corrected chi connectivity index (χ0v) is 14.9. The summed E-state index contributed by atoms with van der Waals surface area (Å²) < 4.78 is 11.1. The van der Waals surface area contributed by atoms with Crippen LogP contribution in [0.4, 0.5) is 0 Å². The second-order valence-electron chi connectivity index (χ2n) is 6.05. The van der Waals surface area contributed by atoms with Crippen LogP contribution in [-0.2, 0) is 4.79 Å². The third-order valence-corrected chi connectivity index (χ3v) is 3.91. The van der Waals surface area contributed by atoms with Gasteiger partial charge in [0.25, 0.3) is 5.91 Å². The van der Waals surface area contributed by atoms with Gasteiger partial charge in [0.05, 0.1) is 13.2 Å². The van der Waals surface area contributed by atoms with Crippen LogP contribution in [0, 0.1) is 13.8 Å². The minimum absolute atomic E-state index is 0.161. The average Bonchev–Trinajstić information content (AvgIpc) is 2.56. The maximum atomic E-state index is 12.4. The fourth-order valence-corrected chi connectivity index (χ4v) is 2.48. The van der Waals surface area contributed by atoms with E-state index in [9.17, 15) is 4.79 Å². The Morgan fingerprint density at radius 1 is 1.00 bits per heavy atom. The number of rotatable bonds is 6. The second kappa shape index (κ2) is 7.86. The van der Waals surface area contributed by atoms with Gasteiger partial charge in [-0.3, -0.25) is 4.79 Å². The summed E-state index contributed by atoms with van der Waals surface area (Å²) in [4.78, 5) is 12.4. The zero-order valence-electron chi connectivity index (χ0n) is 14.9. The third-order valence-electron chi connectivity index (χ3n) is 3.91. The Bertz CT molecular complexity index is 695. The highest BCUT2D eigenvalue weighted by atomic mass is 16.5. The number of hydrogen-bond donors (Lipinski definition) is 1. The predicted molar refractivity (Wildman–Crippen MR) is 95.6 cm³/mol. The topological polar surface area (TPSA) is 47.6 Å². The largest absolute Gasteiger partial charge is 0.496 e. The fraction of sp³-hybridized carbons (Fsp3) is 0.350. The molecule has 0 aromatic heterocycles. The van der Waals surface area contributed by atoms with Gasteiger partial charge >= 0.3 is 0 Å². The van der Waals surface area contributed by atoms with Crippen LogP contribution in [0.25, 0.3) is 0 Å². The first kappa shape index (κ1) is 17.9. The van der Waals surface area contributed by atoms with Crippen molar-refractivity contribution in [1.82, 2.24) is 5.32 Å². The Morgan fingerprint density at radius 2 is 1.62 bits per heavy atom. The van der Waals surface area contributed by atoms with Crippen LogP contribution in [0.15, 0.2) is 42.5 Å². The highest BCUT2D eigenvalue weighted by Gasteiger charge is 2.19. The van der Waals surface area contributed by atoms with Gasteiger partial charge in [-0.1, -0.05) is 35.4 Å². The maximum Gasteiger partial charge on any atom is 0.261 e. The Kier molecular flexibility index (Phi) is 5.85. The van der Waals surface area contributed by atoms with E-state index in [-0.39, 0.29) is 11.9 Å². The third kappa shape index (κ3) is 4.51. The van der Waals surface area contributed by atoms with E-state index in [0.717, 1.165) is 22.4 Å². The number of nitrogens with one attached hydrogen (secondary N) is 1. The van der Waals surface area contributed by atoms with Crippen molar-refractivity contribution in [2.24, 2.45) is 0 Å². The van der Waals surface area contributed by atoms with Gasteiger partial charge in [0.1, 0.15) is 11.5 Å². The van der Waals surface area contributed by atoms with Gasteiger partial charge < -0.3 is 14.8 Å². The van der Waals surface area contributed by atoms with Gasteiger partial charge in [0, 0.05) is 5.56 Å². The molecule has 0 aliphatic rings. The molecule has 0 heterocycles. The van der Waals surface area contributed by atoms with Crippen molar-refractivity contribution in [2.75, 3.05) is 7.11 Å². The van der Waals surface area contributed by atoms with Gasteiger partial charge in [-0.25, -0.2) is 0 Å². The van der Waals surface area contributed by atoms with E-state index in [1.807, 2.05) is 63.2 Å². The Labute approximate surface area is 143 Å². The summed E-state index contributed by atoms with van der Waals surface area (Å²) in [5, 5.41) is 2.99. The fourth-order valence-electron chi connectivity index (χ4n) is 2.48. The average molecular weight is 327 g/mol.